The number of likely N-dealkylation sites (N-methyl/N-ethyl adjacent to an activating group) is 1. The lowest BCUT2D eigenvalue weighted by Crippen LogP contribution is -2.45. The molecule has 132 valence electrons. The number of rotatable bonds is 5. The van der Waals surface area contributed by atoms with E-state index in [1.54, 1.807) is 32.4 Å². The van der Waals surface area contributed by atoms with Gasteiger partial charge in [-0.25, -0.2) is 0 Å². The summed E-state index contributed by atoms with van der Waals surface area (Å²) < 4.78 is 10.6. The summed E-state index contributed by atoms with van der Waals surface area (Å²) in [6.07, 6.45) is 2.04. The van der Waals surface area contributed by atoms with Crippen molar-refractivity contribution in [3.05, 3.63) is 53.9 Å². The van der Waals surface area contributed by atoms with Crippen molar-refractivity contribution in [1.82, 2.24) is 15.2 Å². The Balaban J connectivity index is 1.86. The maximum atomic E-state index is 12.9. The van der Waals surface area contributed by atoms with E-state index in [-0.39, 0.29) is 12.1 Å². The van der Waals surface area contributed by atoms with E-state index in [1.807, 2.05) is 43.3 Å². The molecule has 1 fully saturated rings. The smallest absolute Gasteiger partial charge is 0.244 e. The second kappa shape index (κ2) is 6.72. The zero-order chi connectivity index (χ0) is 18.0. The predicted octanol–water partition coefficient (Wildman–Crippen LogP) is 2.16. The van der Waals surface area contributed by atoms with Gasteiger partial charge in [0.1, 0.15) is 11.7 Å². The van der Waals surface area contributed by atoms with Crippen molar-refractivity contribution in [3.8, 4) is 11.5 Å². The maximum absolute atomic E-state index is 12.9. The van der Waals surface area contributed by atoms with Gasteiger partial charge in [-0.3, -0.25) is 15.1 Å². The number of nitrogens with one attached hydrogen (secondary N) is 1. The lowest BCUT2D eigenvalue weighted by Gasteiger charge is -2.22. The van der Waals surface area contributed by atoms with Gasteiger partial charge in [0.05, 0.1) is 19.9 Å². The molecular formula is C19H23N3O3. The molecule has 1 aliphatic heterocycles. The first kappa shape index (κ1) is 17.2. The van der Waals surface area contributed by atoms with Crippen molar-refractivity contribution in [3.63, 3.8) is 0 Å². The highest BCUT2D eigenvalue weighted by molar-refractivity contribution is 5.88. The molecule has 1 N–H and O–H groups in total. The first-order valence-corrected chi connectivity index (χ1v) is 8.15. The second-order valence-corrected chi connectivity index (χ2v) is 6.42. The highest BCUT2D eigenvalue weighted by Gasteiger charge is 2.47. The molecule has 1 amide bonds. The molecule has 2 aromatic rings. The molecule has 0 radical (unpaired) electrons. The largest absolute Gasteiger partial charge is 0.493 e. The number of hydrogen-bond acceptors (Lipinski definition) is 5. The third kappa shape index (κ3) is 3.17. The Hall–Kier alpha value is -2.60. The minimum atomic E-state index is -0.712. The molecule has 0 aliphatic carbocycles. The van der Waals surface area contributed by atoms with Gasteiger partial charge < -0.3 is 14.4 Å². The molecule has 2 heterocycles. The Bertz CT molecular complexity index is 766. The third-order valence-electron chi connectivity index (χ3n) is 4.61. The van der Waals surface area contributed by atoms with Crippen LogP contribution in [0.2, 0.25) is 0 Å². The molecule has 0 bridgehead atoms. The summed E-state index contributed by atoms with van der Waals surface area (Å²) in [5.41, 5.74) is 1.11. The molecule has 0 saturated carbocycles. The Labute approximate surface area is 147 Å². The van der Waals surface area contributed by atoms with Crippen molar-refractivity contribution in [1.29, 1.82) is 0 Å². The molecule has 0 unspecified atom stereocenters. The minimum absolute atomic E-state index is 0.0398. The van der Waals surface area contributed by atoms with Crippen LogP contribution in [-0.2, 0) is 11.2 Å². The van der Waals surface area contributed by atoms with E-state index in [1.165, 1.54) is 0 Å². The van der Waals surface area contributed by atoms with E-state index in [0.29, 0.717) is 17.9 Å². The van der Waals surface area contributed by atoms with Crippen LogP contribution in [-0.4, -0.2) is 42.6 Å². The van der Waals surface area contributed by atoms with E-state index >= 15 is 0 Å². The van der Waals surface area contributed by atoms with Crippen LogP contribution in [0.1, 0.15) is 24.3 Å². The molecule has 1 aromatic heterocycles. The fourth-order valence-corrected chi connectivity index (χ4v) is 3.30. The lowest BCUT2D eigenvalue weighted by molar-refractivity contribution is -0.131. The van der Waals surface area contributed by atoms with Gasteiger partial charge in [-0.2, -0.15) is 0 Å². The van der Waals surface area contributed by atoms with Crippen molar-refractivity contribution >= 4 is 5.91 Å². The van der Waals surface area contributed by atoms with Gasteiger partial charge in [0, 0.05) is 13.2 Å². The SMILES string of the molecule is COc1ccc(C[C@]2(C)N[C@H](c3ccccn3)N(C)C2=O)cc1OC. The van der Waals surface area contributed by atoms with Crippen LogP contribution in [0.15, 0.2) is 42.6 Å². The summed E-state index contributed by atoms with van der Waals surface area (Å²) in [5, 5.41) is 3.44. The summed E-state index contributed by atoms with van der Waals surface area (Å²) in [6.45, 7) is 1.92. The van der Waals surface area contributed by atoms with Crippen molar-refractivity contribution in [2.24, 2.45) is 0 Å². The molecule has 25 heavy (non-hydrogen) atoms. The van der Waals surface area contributed by atoms with E-state index in [4.69, 9.17) is 9.47 Å². The molecule has 6 heteroatoms. The van der Waals surface area contributed by atoms with Gasteiger partial charge >= 0.3 is 0 Å². The maximum Gasteiger partial charge on any atom is 0.244 e. The number of benzene rings is 1. The standard InChI is InChI=1S/C19H23N3O3/c1-19(12-13-8-9-15(24-3)16(11-13)25-4)18(23)22(2)17(21-19)14-7-5-6-10-20-14/h5-11,17,21H,12H2,1-4H3/t17-,19-/m0/s1. The van der Waals surface area contributed by atoms with Crippen molar-refractivity contribution in [2.75, 3.05) is 21.3 Å². The summed E-state index contributed by atoms with van der Waals surface area (Å²) >= 11 is 0. The molecule has 3 rings (SSSR count). The third-order valence-corrected chi connectivity index (χ3v) is 4.61. The number of nitrogens with zero attached hydrogens (tertiary/aromatic N) is 2. The van der Waals surface area contributed by atoms with E-state index < -0.39 is 5.54 Å². The molecule has 1 aromatic carbocycles. The van der Waals surface area contributed by atoms with Crippen LogP contribution in [0.25, 0.3) is 0 Å². The number of amides is 1. The molecular weight excluding hydrogens is 318 g/mol. The van der Waals surface area contributed by atoms with Gasteiger partial charge in [0.15, 0.2) is 11.5 Å². The molecule has 2 atom stereocenters. The lowest BCUT2D eigenvalue weighted by atomic mass is 9.92. The van der Waals surface area contributed by atoms with Crippen molar-refractivity contribution in [2.45, 2.75) is 25.0 Å². The van der Waals surface area contributed by atoms with Crippen molar-refractivity contribution < 1.29 is 14.3 Å². The number of aromatic nitrogens is 1. The summed E-state index contributed by atoms with van der Waals surface area (Å²) in [4.78, 5) is 19.0. The fraction of sp³-hybridized carbons (Fsp3) is 0.368. The summed E-state index contributed by atoms with van der Waals surface area (Å²) in [7, 11) is 5.01. The first-order valence-electron chi connectivity index (χ1n) is 8.15. The zero-order valence-electron chi connectivity index (χ0n) is 14.9. The number of methoxy groups -OCH3 is 2. The zero-order valence-corrected chi connectivity index (χ0v) is 14.9. The number of ether oxygens (including phenoxy) is 2. The number of hydrogen-bond donors (Lipinski definition) is 1. The van der Waals surface area contributed by atoms with Crippen LogP contribution in [0, 0.1) is 0 Å². The highest BCUT2D eigenvalue weighted by atomic mass is 16.5. The topological polar surface area (TPSA) is 63.7 Å². The Morgan fingerprint density at radius 1 is 1.20 bits per heavy atom. The van der Waals surface area contributed by atoms with E-state index in [9.17, 15) is 4.79 Å². The Kier molecular flexibility index (Phi) is 4.63. The molecule has 1 saturated heterocycles. The van der Waals surface area contributed by atoms with Gasteiger partial charge in [0.25, 0.3) is 0 Å². The molecule has 1 aliphatic rings. The van der Waals surface area contributed by atoms with Gasteiger partial charge in [-0.05, 0) is 43.2 Å². The average molecular weight is 341 g/mol. The van der Waals surface area contributed by atoms with E-state index in [0.717, 1.165) is 11.3 Å². The molecule has 0 spiro atoms. The Morgan fingerprint density at radius 3 is 2.60 bits per heavy atom. The van der Waals surface area contributed by atoms with Crippen LogP contribution in [0.3, 0.4) is 0 Å². The fourth-order valence-electron chi connectivity index (χ4n) is 3.30. The average Bonchev–Trinajstić information content (AvgIpc) is 2.86. The predicted molar refractivity (Wildman–Crippen MR) is 94.5 cm³/mol. The summed E-state index contributed by atoms with van der Waals surface area (Å²) in [5.74, 6) is 1.37. The van der Waals surface area contributed by atoms with Crippen LogP contribution in [0.4, 0.5) is 0 Å². The highest BCUT2D eigenvalue weighted by Crippen LogP contribution is 2.33. The van der Waals surface area contributed by atoms with Crippen LogP contribution in [0.5, 0.6) is 11.5 Å². The number of carbonyl (C=O) groups excluding carboxylic acids is 1. The van der Waals surface area contributed by atoms with Gasteiger partial charge in [-0.1, -0.05) is 12.1 Å². The second-order valence-electron chi connectivity index (χ2n) is 6.42. The monoisotopic (exact) mass is 341 g/mol. The Morgan fingerprint density at radius 2 is 1.96 bits per heavy atom. The number of pyridine rings is 1. The van der Waals surface area contributed by atoms with Crippen LogP contribution < -0.4 is 14.8 Å². The van der Waals surface area contributed by atoms with Gasteiger partial charge in [0.2, 0.25) is 5.91 Å². The molecule has 6 nitrogen and oxygen atoms in total. The minimum Gasteiger partial charge on any atom is -0.493 e. The van der Waals surface area contributed by atoms with Crippen LogP contribution >= 0.6 is 0 Å². The van der Waals surface area contributed by atoms with Gasteiger partial charge in [-0.15, -0.1) is 0 Å². The van der Waals surface area contributed by atoms with E-state index in [2.05, 4.69) is 10.3 Å². The number of carbonyl (C=O) groups is 1. The normalized spacial score (nSPS) is 23.0. The quantitative estimate of drug-likeness (QED) is 0.903. The first-order chi connectivity index (χ1) is 12.0. The summed E-state index contributed by atoms with van der Waals surface area (Å²) in [6, 6.07) is 11.4.